The van der Waals surface area contributed by atoms with Crippen LogP contribution in [0, 0.1) is 0 Å². The Kier molecular flexibility index (Phi) is 5.81. The zero-order chi connectivity index (χ0) is 19.6. The molecule has 0 fully saturated rings. The van der Waals surface area contributed by atoms with Crippen molar-refractivity contribution < 1.29 is 13.2 Å². The minimum Gasteiger partial charge on any atom is -0.338 e. The number of aromatic nitrogens is 1. The largest absolute Gasteiger partial charge is 0.338 e. The number of benzene rings is 2. The first-order chi connectivity index (χ1) is 12.8. The second kappa shape index (κ2) is 7.93. The molecule has 1 heterocycles. The number of carbonyl (C=O) groups excluding carboxylic acids is 1. The molecule has 6 nitrogen and oxygen atoms in total. The highest BCUT2D eigenvalue weighted by atomic mass is 35.5. The van der Waals surface area contributed by atoms with Crippen LogP contribution < -0.4 is 0 Å². The van der Waals surface area contributed by atoms with E-state index in [0.29, 0.717) is 11.6 Å². The lowest BCUT2D eigenvalue weighted by Crippen LogP contribution is -2.39. The molecule has 0 aliphatic carbocycles. The van der Waals surface area contributed by atoms with Gasteiger partial charge in [0.1, 0.15) is 5.01 Å². The van der Waals surface area contributed by atoms with Crippen LogP contribution in [-0.4, -0.2) is 49.2 Å². The average Bonchev–Trinajstić information content (AvgIpc) is 3.04. The molecule has 2 aromatic carbocycles. The van der Waals surface area contributed by atoms with Crippen molar-refractivity contribution >= 4 is 49.1 Å². The molecule has 1 aromatic heterocycles. The molecule has 0 unspecified atom stereocenters. The van der Waals surface area contributed by atoms with Gasteiger partial charge in [0.2, 0.25) is 15.9 Å². The lowest BCUT2D eigenvalue weighted by molar-refractivity contribution is -0.130. The molecular formula is C18H18ClN3O3S2. The lowest BCUT2D eigenvalue weighted by Gasteiger charge is -2.21. The molecule has 9 heteroatoms. The second-order valence-electron chi connectivity index (χ2n) is 6.04. The highest BCUT2D eigenvalue weighted by Gasteiger charge is 2.24. The third-order valence-corrected chi connectivity index (χ3v) is 7.11. The Bertz CT molecular complexity index is 1030. The van der Waals surface area contributed by atoms with Crippen LogP contribution in [0.4, 0.5) is 0 Å². The fourth-order valence-corrected chi connectivity index (χ4v) is 4.73. The summed E-state index contributed by atoms with van der Waals surface area (Å²) in [6, 6.07) is 13.6. The predicted molar refractivity (Wildman–Crippen MR) is 107 cm³/mol. The van der Waals surface area contributed by atoms with E-state index >= 15 is 0 Å². The molecule has 0 aliphatic rings. The van der Waals surface area contributed by atoms with Gasteiger partial charge in [-0.1, -0.05) is 23.7 Å². The first kappa shape index (κ1) is 19.8. The summed E-state index contributed by atoms with van der Waals surface area (Å²) in [6.45, 7) is 0.0688. The zero-order valence-corrected chi connectivity index (χ0v) is 17.2. The number of para-hydroxylation sites is 1. The third-order valence-electron chi connectivity index (χ3n) is 4.02. The Labute approximate surface area is 167 Å². The summed E-state index contributed by atoms with van der Waals surface area (Å²) < 4.78 is 27.2. The molecule has 1 amide bonds. The Morgan fingerprint density at radius 3 is 2.44 bits per heavy atom. The number of hydrogen-bond donors (Lipinski definition) is 0. The molecule has 0 saturated heterocycles. The first-order valence-electron chi connectivity index (χ1n) is 8.07. The standard InChI is InChI=1S/C18H18ClN3O3S2/c1-21(11-17-20-15-5-3-4-6-16(15)26-17)18(23)12-22(2)27(24,25)14-9-7-13(19)8-10-14/h3-10H,11-12H2,1-2H3. The van der Waals surface area contributed by atoms with E-state index in [2.05, 4.69) is 4.98 Å². The van der Waals surface area contributed by atoms with Crippen LogP contribution in [0.3, 0.4) is 0 Å². The fourth-order valence-electron chi connectivity index (χ4n) is 2.46. The third kappa shape index (κ3) is 4.47. The molecular weight excluding hydrogens is 406 g/mol. The molecule has 0 N–H and O–H groups in total. The van der Waals surface area contributed by atoms with Gasteiger partial charge in [-0.15, -0.1) is 11.3 Å². The maximum atomic E-state index is 12.6. The number of fused-ring (bicyclic) bond motifs is 1. The smallest absolute Gasteiger partial charge is 0.243 e. The van der Waals surface area contributed by atoms with E-state index in [1.165, 1.54) is 47.5 Å². The number of amides is 1. The molecule has 142 valence electrons. The van der Waals surface area contributed by atoms with Crippen LogP contribution >= 0.6 is 22.9 Å². The predicted octanol–water partition coefficient (Wildman–Crippen LogP) is 3.23. The summed E-state index contributed by atoms with van der Waals surface area (Å²) in [6.07, 6.45) is 0. The molecule has 0 radical (unpaired) electrons. The minimum atomic E-state index is -3.76. The topological polar surface area (TPSA) is 70.6 Å². The van der Waals surface area contributed by atoms with E-state index in [1.54, 1.807) is 7.05 Å². The summed E-state index contributed by atoms with van der Waals surface area (Å²) in [5, 5.41) is 1.25. The maximum Gasteiger partial charge on any atom is 0.243 e. The Balaban J connectivity index is 1.67. The molecule has 0 spiro atoms. The zero-order valence-electron chi connectivity index (χ0n) is 14.8. The normalized spacial score (nSPS) is 11.9. The van der Waals surface area contributed by atoms with Crippen molar-refractivity contribution in [3.8, 4) is 0 Å². The quantitative estimate of drug-likeness (QED) is 0.610. The van der Waals surface area contributed by atoms with Crippen LogP contribution in [0.25, 0.3) is 10.2 Å². The van der Waals surface area contributed by atoms with Gasteiger partial charge in [0, 0.05) is 19.1 Å². The van der Waals surface area contributed by atoms with Crippen molar-refractivity contribution in [2.24, 2.45) is 0 Å². The molecule has 27 heavy (non-hydrogen) atoms. The highest BCUT2D eigenvalue weighted by molar-refractivity contribution is 7.89. The van der Waals surface area contributed by atoms with Crippen LogP contribution in [0.1, 0.15) is 5.01 Å². The van der Waals surface area contributed by atoms with E-state index in [9.17, 15) is 13.2 Å². The number of sulfonamides is 1. The fraction of sp³-hybridized carbons (Fsp3) is 0.222. The van der Waals surface area contributed by atoms with Gasteiger partial charge in [0.15, 0.2) is 0 Å². The van der Waals surface area contributed by atoms with E-state index < -0.39 is 10.0 Å². The van der Waals surface area contributed by atoms with Gasteiger partial charge < -0.3 is 4.90 Å². The monoisotopic (exact) mass is 423 g/mol. The molecule has 0 bridgehead atoms. The Morgan fingerprint density at radius 2 is 1.78 bits per heavy atom. The first-order valence-corrected chi connectivity index (χ1v) is 10.7. The van der Waals surface area contributed by atoms with Gasteiger partial charge in [-0.2, -0.15) is 4.31 Å². The lowest BCUT2D eigenvalue weighted by atomic mass is 10.3. The summed E-state index contributed by atoms with van der Waals surface area (Å²) in [5.41, 5.74) is 0.890. The van der Waals surface area contributed by atoms with Gasteiger partial charge in [-0.3, -0.25) is 4.79 Å². The van der Waals surface area contributed by atoms with Crippen LogP contribution in [0.15, 0.2) is 53.4 Å². The van der Waals surface area contributed by atoms with Crippen molar-refractivity contribution in [2.45, 2.75) is 11.4 Å². The summed E-state index contributed by atoms with van der Waals surface area (Å²) >= 11 is 7.32. The van der Waals surface area contributed by atoms with Crippen molar-refractivity contribution in [3.63, 3.8) is 0 Å². The number of hydrogen-bond acceptors (Lipinski definition) is 5. The Morgan fingerprint density at radius 1 is 1.11 bits per heavy atom. The minimum absolute atomic E-state index is 0.0935. The van der Waals surface area contributed by atoms with Crippen molar-refractivity contribution in [3.05, 3.63) is 58.6 Å². The van der Waals surface area contributed by atoms with E-state index in [0.717, 1.165) is 19.5 Å². The number of halogens is 1. The molecule has 0 atom stereocenters. The second-order valence-corrected chi connectivity index (χ2v) is 9.64. The summed E-state index contributed by atoms with van der Waals surface area (Å²) in [4.78, 5) is 18.6. The summed E-state index contributed by atoms with van der Waals surface area (Å²) in [5.74, 6) is -0.311. The number of rotatable bonds is 6. The maximum absolute atomic E-state index is 12.6. The van der Waals surface area contributed by atoms with Gasteiger partial charge in [0.05, 0.1) is 28.2 Å². The van der Waals surface area contributed by atoms with Crippen LogP contribution in [0.2, 0.25) is 5.02 Å². The van der Waals surface area contributed by atoms with Crippen molar-refractivity contribution in [1.29, 1.82) is 0 Å². The van der Waals surface area contributed by atoms with Gasteiger partial charge >= 0.3 is 0 Å². The van der Waals surface area contributed by atoms with E-state index in [-0.39, 0.29) is 17.3 Å². The summed E-state index contributed by atoms with van der Waals surface area (Å²) in [7, 11) is -0.745. The van der Waals surface area contributed by atoms with Crippen molar-refractivity contribution in [1.82, 2.24) is 14.2 Å². The van der Waals surface area contributed by atoms with E-state index in [1.807, 2.05) is 24.3 Å². The molecule has 3 aromatic rings. The van der Waals surface area contributed by atoms with Crippen LogP contribution in [-0.2, 0) is 21.4 Å². The molecule has 0 saturated carbocycles. The SMILES string of the molecule is CN(Cc1nc2ccccc2s1)C(=O)CN(C)S(=O)(=O)c1ccc(Cl)cc1. The van der Waals surface area contributed by atoms with Crippen LogP contribution in [0.5, 0.6) is 0 Å². The van der Waals surface area contributed by atoms with Gasteiger partial charge in [0.25, 0.3) is 0 Å². The number of thiazole rings is 1. The molecule has 0 aliphatic heterocycles. The van der Waals surface area contributed by atoms with Crippen molar-refractivity contribution in [2.75, 3.05) is 20.6 Å². The number of carbonyl (C=O) groups is 1. The van der Waals surface area contributed by atoms with E-state index in [4.69, 9.17) is 11.6 Å². The number of nitrogens with zero attached hydrogens (tertiary/aromatic N) is 3. The van der Waals surface area contributed by atoms with Gasteiger partial charge in [-0.25, -0.2) is 13.4 Å². The number of likely N-dealkylation sites (N-methyl/N-ethyl adjacent to an activating group) is 2. The molecule has 3 rings (SSSR count). The Hall–Kier alpha value is -2.00. The average molecular weight is 424 g/mol. The highest BCUT2D eigenvalue weighted by Crippen LogP contribution is 2.22. The van der Waals surface area contributed by atoms with Gasteiger partial charge in [-0.05, 0) is 36.4 Å².